The number of hydrogen-bond donors (Lipinski definition) is 2. The number of methoxy groups -OCH3 is 2. The number of carboxylic acid groups (broad SMARTS) is 1. The Morgan fingerprint density at radius 1 is 1.20 bits per heavy atom. The SMILES string of the molecule is COCCCN(CCOC)C(=O)NC(C)CCC(=O)O. The smallest absolute Gasteiger partial charge is 0.317 e. The maximum Gasteiger partial charge on any atom is 0.317 e. The minimum absolute atomic E-state index is 0.0448. The van der Waals surface area contributed by atoms with Crippen LogP contribution in [-0.2, 0) is 14.3 Å². The van der Waals surface area contributed by atoms with Crippen LogP contribution in [0, 0.1) is 0 Å². The van der Waals surface area contributed by atoms with Gasteiger partial charge in [-0.25, -0.2) is 4.79 Å². The van der Waals surface area contributed by atoms with E-state index < -0.39 is 5.97 Å². The maximum absolute atomic E-state index is 12.1. The molecule has 0 aliphatic rings. The van der Waals surface area contributed by atoms with Crippen molar-refractivity contribution in [2.75, 3.05) is 40.5 Å². The van der Waals surface area contributed by atoms with Gasteiger partial charge in [0.1, 0.15) is 0 Å². The first-order valence-electron chi connectivity index (χ1n) is 6.76. The molecule has 0 radical (unpaired) electrons. The summed E-state index contributed by atoms with van der Waals surface area (Å²) in [5.74, 6) is -0.859. The van der Waals surface area contributed by atoms with Crippen LogP contribution in [0.15, 0.2) is 0 Å². The van der Waals surface area contributed by atoms with E-state index in [9.17, 15) is 9.59 Å². The van der Waals surface area contributed by atoms with Gasteiger partial charge in [-0.15, -0.1) is 0 Å². The van der Waals surface area contributed by atoms with Gasteiger partial charge in [-0.3, -0.25) is 4.79 Å². The van der Waals surface area contributed by atoms with Crippen molar-refractivity contribution in [3.8, 4) is 0 Å². The first kappa shape index (κ1) is 18.7. The summed E-state index contributed by atoms with van der Waals surface area (Å²) in [6, 6.07) is -0.373. The summed E-state index contributed by atoms with van der Waals surface area (Å²) in [5, 5.41) is 11.4. The summed E-state index contributed by atoms with van der Waals surface area (Å²) in [4.78, 5) is 24.2. The second-order valence-corrected chi connectivity index (χ2v) is 4.61. The van der Waals surface area contributed by atoms with E-state index in [4.69, 9.17) is 14.6 Å². The molecule has 118 valence electrons. The maximum atomic E-state index is 12.1. The largest absolute Gasteiger partial charge is 0.481 e. The molecule has 0 spiro atoms. The Hall–Kier alpha value is -1.34. The highest BCUT2D eigenvalue weighted by molar-refractivity contribution is 5.74. The third kappa shape index (κ3) is 9.57. The van der Waals surface area contributed by atoms with E-state index in [1.165, 1.54) is 0 Å². The number of carbonyl (C=O) groups is 2. The molecule has 7 nitrogen and oxygen atoms in total. The van der Waals surface area contributed by atoms with E-state index in [2.05, 4.69) is 5.32 Å². The molecule has 0 aromatic heterocycles. The third-order valence-electron chi connectivity index (χ3n) is 2.79. The van der Waals surface area contributed by atoms with E-state index in [1.807, 2.05) is 0 Å². The van der Waals surface area contributed by atoms with E-state index in [-0.39, 0.29) is 18.5 Å². The van der Waals surface area contributed by atoms with Crippen LogP contribution in [0.4, 0.5) is 4.79 Å². The van der Waals surface area contributed by atoms with Crippen LogP contribution in [0.1, 0.15) is 26.2 Å². The zero-order chi connectivity index (χ0) is 15.4. The number of urea groups is 1. The van der Waals surface area contributed by atoms with Crippen LogP contribution >= 0.6 is 0 Å². The zero-order valence-corrected chi connectivity index (χ0v) is 12.6. The number of rotatable bonds is 11. The summed E-state index contributed by atoms with van der Waals surface area (Å²) < 4.78 is 9.95. The number of nitrogens with one attached hydrogen (secondary N) is 1. The minimum atomic E-state index is -0.859. The summed E-state index contributed by atoms with van der Waals surface area (Å²) in [6.45, 7) is 3.92. The number of ether oxygens (including phenoxy) is 2. The van der Waals surface area contributed by atoms with E-state index in [0.29, 0.717) is 32.7 Å². The van der Waals surface area contributed by atoms with E-state index in [0.717, 1.165) is 6.42 Å². The third-order valence-corrected chi connectivity index (χ3v) is 2.79. The highest BCUT2D eigenvalue weighted by Crippen LogP contribution is 2.00. The lowest BCUT2D eigenvalue weighted by Gasteiger charge is -2.25. The van der Waals surface area contributed by atoms with Crippen LogP contribution in [0.3, 0.4) is 0 Å². The average molecular weight is 290 g/mol. The van der Waals surface area contributed by atoms with Crippen LogP contribution in [-0.4, -0.2) is 68.6 Å². The number of carbonyl (C=O) groups excluding carboxylic acids is 1. The summed E-state index contributed by atoms with van der Waals surface area (Å²) >= 11 is 0. The highest BCUT2D eigenvalue weighted by atomic mass is 16.5. The normalized spacial score (nSPS) is 11.9. The fourth-order valence-electron chi connectivity index (χ4n) is 1.63. The molecule has 0 saturated carbocycles. The number of hydrogen-bond acceptors (Lipinski definition) is 4. The van der Waals surface area contributed by atoms with Crippen LogP contribution in [0.5, 0.6) is 0 Å². The van der Waals surface area contributed by atoms with E-state index in [1.54, 1.807) is 26.0 Å². The van der Waals surface area contributed by atoms with Crippen molar-refractivity contribution in [1.82, 2.24) is 10.2 Å². The summed E-state index contributed by atoms with van der Waals surface area (Å²) in [6.07, 6.45) is 1.21. The second-order valence-electron chi connectivity index (χ2n) is 4.61. The standard InChI is InChI=1S/C13H26N2O5/c1-11(5-6-12(16)17)14-13(18)15(8-10-20-3)7-4-9-19-2/h11H,4-10H2,1-3H3,(H,14,18)(H,16,17). The predicted octanol–water partition coefficient (Wildman–Crippen LogP) is 0.934. The molecular formula is C13H26N2O5. The average Bonchev–Trinajstić information content (AvgIpc) is 2.40. The molecule has 0 aromatic carbocycles. The summed E-state index contributed by atoms with van der Waals surface area (Å²) in [7, 11) is 3.20. The molecule has 1 atom stereocenters. The molecule has 2 amide bonds. The number of aliphatic carboxylic acids is 1. The Balaban J connectivity index is 4.18. The number of carboxylic acids is 1. The van der Waals surface area contributed by atoms with Crippen molar-refractivity contribution >= 4 is 12.0 Å². The Labute approximate surface area is 120 Å². The van der Waals surface area contributed by atoms with Gasteiger partial charge in [0.25, 0.3) is 0 Å². The first-order chi connectivity index (χ1) is 9.51. The predicted molar refractivity (Wildman–Crippen MR) is 74.8 cm³/mol. The Bertz CT molecular complexity index is 286. The molecule has 0 rings (SSSR count). The van der Waals surface area contributed by atoms with Gasteiger partial charge in [0.05, 0.1) is 6.61 Å². The van der Waals surface area contributed by atoms with Gasteiger partial charge in [-0.05, 0) is 19.8 Å². The zero-order valence-electron chi connectivity index (χ0n) is 12.6. The molecule has 7 heteroatoms. The molecule has 1 unspecified atom stereocenters. The van der Waals surface area contributed by atoms with E-state index >= 15 is 0 Å². The molecule has 0 saturated heterocycles. The van der Waals surface area contributed by atoms with Crippen LogP contribution in [0.25, 0.3) is 0 Å². The van der Waals surface area contributed by atoms with Crippen molar-refractivity contribution in [2.45, 2.75) is 32.2 Å². The van der Waals surface area contributed by atoms with Crippen molar-refractivity contribution < 1.29 is 24.2 Å². The molecule has 0 aliphatic carbocycles. The van der Waals surface area contributed by atoms with Crippen LogP contribution in [0.2, 0.25) is 0 Å². The second kappa shape index (κ2) is 11.5. The number of nitrogens with zero attached hydrogens (tertiary/aromatic N) is 1. The fourth-order valence-corrected chi connectivity index (χ4v) is 1.63. The van der Waals surface area contributed by atoms with Crippen molar-refractivity contribution in [3.05, 3.63) is 0 Å². The molecule has 0 aromatic rings. The Morgan fingerprint density at radius 3 is 2.40 bits per heavy atom. The molecular weight excluding hydrogens is 264 g/mol. The minimum Gasteiger partial charge on any atom is -0.481 e. The Morgan fingerprint density at radius 2 is 1.85 bits per heavy atom. The lowest BCUT2D eigenvalue weighted by Crippen LogP contribution is -2.45. The molecule has 2 N–H and O–H groups in total. The fraction of sp³-hybridized carbons (Fsp3) is 0.846. The van der Waals surface area contributed by atoms with Gasteiger partial charge < -0.3 is 24.8 Å². The number of amides is 2. The van der Waals surface area contributed by atoms with Gasteiger partial charge in [0, 0.05) is 46.4 Å². The first-order valence-corrected chi connectivity index (χ1v) is 6.76. The molecule has 0 fully saturated rings. The molecule has 0 aliphatic heterocycles. The quantitative estimate of drug-likeness (QED) is 0.553. The molecule has 0 heterocycles. The lowest BCUT2D eigenvalue weighted by molar-refractivity contribution is -0.137. The van der Waals surface area contributed by atoms with Crippen molar-refractivity contribution in [3.63, 3.8) is 0 Å². The summed E-state index contributed by atoms with van der Waals surface area (Å²) in [5.41, 5.74) is 0. The topological polar surface area (TPSA) is 88.1 Å². The highest BCUT2D eigenvalue weighted by Gasteiger charge is 2.15. The van der Waals surface area contributed by atoms with Gasteiger partial charge >= 0.3 is 12.0 Å². The van der Waals surface area contributed by atoms with Gasteiger partial charge in [0.2, 0.25) is 0 Å². The van der Waals surface area contributed by atoms with Gasteiger partial charge in [-0.1, -0.05) is 0 Å². The lowest BCUT2D eigenvalue weighted by atomic mass is 10.2. The monoisotopic (exact) mass is 290 g/mol. The van der Waals surface area contributed by atoms with Crippen LogP contribution < -0.4 is 5.32 Å². The molecule has 20 heavy (non-hydrogen) atoms. The van der Waals surface area contributed by atoms with Gasteiger partial charge in [0.15, 0.2) is 0 Å². The van der Waals surface area contributed by atoms with Gasteiger partial charge in [-0.2, -0.15) is 0 Å². The van der Waals surface area contributed by atoms with Crippen molar-refractivity contribution in [2.24, 2.45) is 0 Å². The molecule has 0 bridgehead atoms. The van der Waals surface area contributed by atoms with Crippen molar-refractivity contribution in [1.29, 1.82) is 0 Å². The Kier molecular flexibility index (Phi) is 10.7.